The zero-order valence-corrected chi connectivity index (χ0v) is 22.3. The number of piperazine rings is 1. The molecule has 2 amide bonds. The fourth-order valence-electron chi connectivity index (χ4n) is 3.74. The zero-order valence-electron chi connectivity index (χ0n) is 21.5. The molecule has 37 heavy (non-hydrogen) atoms. The summed E-state index contributed by atoms with van der Waals surface area (Å²) in [5.41, 5.74) is 0.526. The van der Waals surface area contributed by atoms with Gasteiger partial charge in [-0.05, 0) is 36.4 Å². The minimum Gasteiger partial charge on any atom is -0.497 e. The van der Waals surface area contributed by atoms with Crippen LogP contribution in [0.3, 0.4) is 0 Å². The van der Waals surface area contributed by atoms with Crippen molar-refractivity contribution in [3.63, 3.8) is 0 Å². The van der Waals surface area contributed by atoms with E-state index in [2.05, 4.69) is 10.3 Å². The number of thiazole rings is 1. The molecule has 1 aliphatic heterocycles. The van der Waals surface area contributed by atoms with Gasteiger partial charge in [0.1, 0.15) is 16.4 Å². The van der Waals surface area contributed by atoms with Crippen LogP contribution in [0.1, 0.15) is 36.0 Å². The third-order valence-electron chi connectivity index (χ3n) is 5.94. The molecule has 0 spiro atoms. The van der Waals surface area contributed by atoms with E-state index in [1.165, 1.54) is 7.11 Å². The number of methoxy groups -OCH3 is 2. The highest BCUT2D eigenvalue weighted by atomic mass is 32.1. The fraction of sp³-hybridized carbons (Fsp3) is 0.333. The summed E-state index contributed by atoms with van der Waals surface area (Å²) in [6.07, 6.45) is 0. The summed E-state index contributed by atoms with van der Waals surface area (Å²) in [5.74, 6) is 0.830. The van der Waals surface area contributed by atoms with Gasteiger partial charge in [0.2, 0.25) is 17.6 Å². The van der Waals surface area contributed by atoms with Gasteiger partial charge in [0.15, 0.2) is 10.9 Å². The molecule has 2 aromatic carbocycles. The molecule has 194 valence electrons. The van der Waals surface area contributed by atoms with E-state index >= 15 is 0 Å². The van der Waals surface area contributed by atoms with Crippen molar-refractivity contribution >= 4 is 45.6 Å². The second-order valence-corrected chi connectivity index (χ2v) is 10.6. The highest BCUT2D eigenvalue weighted by Crippen LogP contribution is 2.34. The van der Waals surface area contributed by atoms with E-state index in [1.807, 2.05) is 29.2 Å². The molecule has 1 saturated heterocycles. The average molecular weight is 523 g/mol. The first-order valence-electron chi connectivity index (χ1n) is 11.8. The van der Waals surface area contributed by atoms with Gasteiger partial charge < -0.3 is 24.6 Å². The Labute approximate surface area is 220 Å². The first-order chi connectivity index (χ1) is 17.6. The van der Waals surface area contributed by atoms with Crippen LogP contribution in [-0.4, -0.2) is 56.4 Å². The molecule has 4 rings (SSSR count). The lowest BCUT2D eigenvalue weighted by Gasteiger charge is -2.34. The molecule has 0 unspecified atom stereocenters. The van der Waals surface area contributed by atoms with Crippen molar-refractivity contribution in [1.29, 1.82) is 0 Å². The number of hydrogen-bond acceptors (Lipinski definition) is 8. The Hall–Kier alpha value is -3.92. The third-order valence-corrected chi connectivity index (χ3v) is 7.06. The van der Waals surface area contributed by atoms with Gasteiger partial charge in [-0.3, -0.25) is 14.4 Å². The van der Waals surface area contributed by atoms with Crippen LogP contribution in [-0.2, 0) is 9.59 Å². The van der Waals surface area contributed by atoms with Gasteiger partial charge in [0.25, 0.3) is 0 Å². The number of carbonyl (C=O) groups is 3. The van der Waals surface area contributed by atoms with Gasteiger partial charge in [-0.15, -0.1) is 0 Å². The smallest absolute Gasteiger partial charge is 0.246 e. The second-order valence-electron chi connectivity index (χ2n) is 9.60. The molecule has 0 aliphatic carbocycles. The lowest BCUT2D eigenvalue weighted by atomic mass is 9.96. The normalized spacial score (nSPS) is 13.9. The van der Waals surface area contributed by atoms with Gasteiger partial charge in [-0.25, -0.2) is 4.98 Å². The number of aromatic nitrogens is 1. The second kappa shape index (κ2) is 10.6. The van der Waals surface area contributed by atoms with Gasteiger partial charge in [0.05, 0.1) is 20.8 Å². The molecule has 1 aliphatic rings. The number of hydrogen-bond donors (Lipinski definition) is 1. The van der Waals surface area contributed by atoms with Crippen LogP contribution in [0.2, 0.25) is 0 Å². The Morgan fingerprint density at radius 1 is 1.00 bits per heavy atom. The first kappa shape index (κ1) is 26.2. The molecule has 1 aromatic heterocycles. The predicted octanol–water partition coefficient (Wildman–Crippen LogP) is 4.23. The Kier molecular flexibility index (Phi) is 7.49. The Bertz CT molecular complexity index is 1310. The lowest BCUT2D eigenvalue weighted by Crippen LogP contribution is -2.50. The van der Waals surface area contributed by atoms with Crippen molar-refractivity contribution in [3.05, 3.63) is 59.0 Å². The van der Waals surface area contributed by atoms with E-state index in [0.717, 1.165) is 22.8 Å². The number of benzene rings is 2. The Morgan fingerprint density at radius 2 is 1.70 bits per heavy atom. The van der Waals surface area contributed by atoms with E-state index in [0.29, 0.717) is 34.4 Å². The minimum atomic E-state index is -0.681. The summed E-state index contributed by atoms with van der Waals surface area (Å²) in [6, 6.07) is 14.2. The topological polar surface area (TPSA) is 101 Å². The number of amides is 2. The number of ketones is 1. The molecule has 2 heterocycles. The van der Waals surface area contributed by atoms with Crippen LogP contribution in [0.4, 0.5) is 16.6 Å². The molecular weight excluding hydrogens is 492 g/mol. The van der Waals surface area contributed by atoms with Crippen LogP contribution >= 0.6 is 11.3 Å². The number of nitrogens with one attached hydrogen (secondary N) is 1. The molecule has 9 nitrogen and oxygen atoms in total. The molecule has 0 bridgehead atoms. The van der Waals surface area contributed by atoms with Crippen molar-refractivity contribution < 1.29 is 23.9 Å². The number of anilines is 3. The number of ether oxygens (including phenoxy) is 2. The number of nitrogens with zero attached hydrogens (tertiary/aromatic N) is 3. The van der Waals surface area contributed by atoms with E-state index in [-0.39, 0.29) is 30.0 Å². The summed E-state index contributed by atoms with van der Waals surface area (Å²) in [5, 5.41) is 3.32. The van der Waals surface area contributed by atoms with Gasteiger partial charge in [0, 0.05) is 29.8 Å². The van der Waals surface area contributed by atoms with E-state index in [9.17, 15) is 14.4 Å². The molecule has 1 N–H and O–H groups in total. The molecule has 1 fully saturated rings. The summed E-state index contributed by atoms with van der Waals surface area (Å²) in [7, 11) is 3.13. The maximum absolute atomic E-state index is 13.5. The molecule has 3 aromatic rings. The van der Waals surface area contributed by atoms with Crippen LogP contribution in [0.25, 0.3) is 0 Å². The molecule has 10 heteroatoms. The van der Waals surface area contributed by atoms with Gasteiger partial charge in [-0.1, -0.05) is 44.2 Å². The number of rotatable bonds is 7. The summed E-state index contributed by atoms with van der Waals surface area (Å²) in [4.78, 5) is 47.7. The van der Waals surface area contributed by atoms with Crippen LogP contribution in [0.15, 0.2) is 48.5 Å². The van der Waals surface area contributed by atoms with Gasteiger partial charge >= 0.3 is 0 Å². The largest absolute Gasteiger partial charge is 0.497 e. The Balaban J connectivity index is 1.61. The summed E-state index contributed by atoms with van der Waals surface area (Å²) >= 11 is 1.16. The predicted molar refractivity (Wildman–Crippen MR) is 144 cm³/mol. The maximum atomic E-state index is 13.5. The van der Waals surface area contributed by atoms with Crippen molar-refractivity contribution in [2.45, 2.75) is 20.8 Å². The van der Waals surface area contributed by atoms with E-state index in [1.54, 1.807) is 57.0 Å². The molecule has 0 saturated carbocycles. The van der Waals surface area contributed by atoms with Crippen molar-refractivity contribution in [2.24, 2.45) is 5.41 Å². The molecule has 0 atom stereocenters. The monoisotopic (exact) mass is 522 g/mol. The van der Waals surface area contributed by atoms with E-state index in [4.69, 9.17) is 9.47 Å². The van der Waals surface area contributed by atoms with Crippen molar-refractivity contribution in [2.75, 3.05) is 49.0 Å². The average Bonchev–Trinajstić information content (AvgIpc) is 3.31. The van der Waals surface area contributed by atoms with Gasteiger partial charge in [-0.2, -0.15) is 0 Å². The quantitative estimate of drug-likeness (QED) is 0.464. The number of carbonyl (C=O) groups excluding carboxylic acids is 3. The lowest BCUT2D eigenvalue weighted by molar-refractivity contribution is -0.123. The minimum absolute atomic E-state index is 0.0902. The van der Waals surface area contributed by atoms with E-state index < -0.39 is 5.41 Å². The summed E-state index contributed by atoms with van der Waals surface area (Å²) in [6.45, 7) is 6.43. The summed E-state index contributed by atoms with van der Waals surface area (Å²) < 4.78 is 10.5. The van der Waals surface area contributed by atoms with Crippen molar-refractivity contribution in [1.82, 2.24) is 4.98 Å². The highest BCUT2D eigenvalue weighted by Gasteiger charge is 2.31. The van der Waals surface area contributed by atoms with Crippen LogP contribution in [0, 0.1) is 5.41 Å². The highest BCUT2D eigenvalue weighted by molar-refractivity contribution is 7.18. The maximum Gasteiger partial charge on any atom is 0.246 e. The zero-order chi connectivity index (χ0) is 26.7. The third kappa shape index (κ3) is 5.75. The molecule has 0 radical (unpaired) electrons. The first-order valence-corrected chi connectivity index (χ1v) is 12.6. The van der Waals surface area contributed by atoms with Crippen molar-refractivity contribution in [3.8, 4) is 11.5 Å². The molecular formula is C27H30N4O5S. The SMILES string of the molecule is COc1ccc(N2CCN(c3nc(NC(=O)C(C)(C)C)c(C(=O)c4cccc(OC)c4)s3)CC2=O)cc1. The van der Waals surface area contributed by atoms with Crippen LogP contribution < -0.4 is 24.6 Å². The Morgan fingerprint density at radius 3 is 2.32 bits per heavy atom. The van der Waals surface area contributed by atoms with Crippen LogP contribution in [0.5, 0.6) is 11.5 Å². The fourth-order valence-corrected chi connectivity index (χ4v) is 4.75. The standard InChI is InChI=1S/C27H30N4O5S/c1-27(2,3)25(34)28-24-23(22(33)17-7-6-8-20(15-17)36-5)37-26(29-24)30-13-14-31(21(32)16-30)18-9-11-19(35-4)12-10-18/h6-12,15H,13-14,16H2,1-5H3,(H,28,34).